The third kappa shape index (κ3) is 3.31. The van der Waals surface area contributed by atoms with Crippen molar-refractivity contribution in [1.29, 1.82) is 0 Å². The normalized spacial score (nSPS) is 15.4. The molecule has 2 N–H and O–H groups in total. The van der Waals surface area contributed by atoms with Crippen LogP contribution in [0.3, 0.4) is 0 Å². The molecule has 0 amide bonds. The Balaban J connectivity index is 3.13. The maximum absolute atomic E-state index is 12.8. The van der Waals surface area contributed by atoms with E-state index in [1.807, 2.05) is 0 Å². The molecular weight excluding hydrogens is 297 g/mol. The Bertz CT molecular complexity index is 496. The third-order valence-electron chi connectivity index (χ3n) is 2.83. The first-order valence-corrected chi connectivity index (χ1v) is 6.12. The van der Waals surface area contributed by atoms with Gasteiger partial charge in [0, 0.05) is 6.54 Å². The van der Waals surface area contributed by atoms with E-state index in [1.165, 1.54) is 0 Å². The molecule has 0 bridgehead atoms. The van der Waals surface area contributed by atoms with E-state index in [0.29, 0.717) is 13.5 Å². The molecule has 0 aromatic carbocycles. The van der Waals surface area contributed by atoms with E-state index in [4.69, 9.17) is 17.3 Å². The van der Waals surface area contributed by atoms with Gasteiger partial charge in [-0.15, -0.1) is 0 Å². The SMILES string of the molecule is CN(C)CCn1ncc(Cl)c1C(=O)C(C)(N)C(F)(F)F. The molecule has 0 aliphatic rings. The topological polar surface area (TPSA) is 64.2 Å². The summed E-state index contributed by atoms with van der Waals surface area (Å²) >= 11 is 5.77. The van der Waals surface area contributed by atoms with Gasteiger partial charge in [0.15, 0.2) is 5.54 Å². The molecule has 0 spiro atoms. The predicted octanol–water partition coefficient (Wildman–Crippen LogP) is 1.56. The number of hydrogen-bond donors (Lipinski definition) is 1. The molecule has 1 unspecified atom stereocenters. The summed E-state index contributed by atoms with van der Waals surface area (Å²) in [6.07, 6.45) is -3.74. The minimum atomic E-state index is -4.87. The Labute approximate surface area is 119 Å². The van der Waals surface area contributed by atoms with Crippen LogP contribution in [-0.4, -0.2) is 52.8 Å². The van der Waals surface area contributed by atoms with Gasteiger partial charge in [-0.3, -0.25) is 9.48 Å². The molecule has 1 atom stereocenters. The van der Waals surface area contributed by atoms with Crippen LogP contribution in [0, 0.1) is 0 Å². The van der Waals surface area contributed by atoms with Gasteiger partial charge >= 0.3 is 6.18 Å². The summed E-state index contributed by atoms with van der Waals surface area (Å²) in [5.41, 5.74) is 1.81. The number of nitrogens with zero attached hydrogens (tertiary/aromatic N) is 3. The molecule has 1 rings (SSSR count). The van der Waals surface area contributed by atoms with Crippen LogP contribution in [-0.2, 0) is 6.54 Å². The summed E-state index contributed by atoms with van der Waals surface area (Å²) in [5.74, 6) is -1.30. The predicted molar refractivity (Wildman–Crippen MR) is 68.8 cm³/mol. The second-order valence-electron chi connectivity index (χ2n) is 4.90. The number of aromatic nitrogens is 2. The molecular formula is C11H16ClF3N4O. The monoisotopic (exact) mass is 312 g/mol. The van der Waals surface area contributed by atoms with Crippen molar-refractivity contribution in [3.05, 3.63) is 16.9 Å². The average Bonchev–Trinajstić information content (AvgIpc) is 2.65. The average molecular weight is 313 g/mol. The first-order valence-electron chi connectivity index (χ1n) is 5.75. The summed E-state index contributed by atoms with van der Waals surface area (Å²) in [7, 11) is 3.57. The third-order valence-corrected chi connectivity index (χ3v) is 3.11. The molecule has 0 aliphatic heterocycles. The van der Waals surface area contributed by atoms with E-state index >= 15 is 0 Å². The highest BCUT2D eigenvalue weighted by atomic mass is 35.5. The first-order chi connectivity index (χ1) is 8.98. The number of rotatable bonds is 5. The first kappa shape index (κ1) is 16.9. The van der Waals surface area contributed by atoms with E-state index in [1.54, 1.807) is 19.0 Å². The quantitative estimate of drug-likeness (QED) is 0.838. The highest BCUT2D eigenvalue weighted by Crippen LogP contribution is 2.32. The van der Waals surface area contributed by atoms with Crippen molar-refractivity contribution in [2.75, 3.05) is 20.6 Å². The fraction of sp³-hybridized carbons (Fsp3) is 0.636. The van der Waals surface area contributed by atoms with E-state index in [9.17, 15) is 18.0 Å². The number of halogens is 4. The Hall–Kier alpha value is -1.12. The Morgan fingerprint density at radius 1 is 1.50 bits per heavy atom. The maximum atomic E-state index is 12.8. The zero-order chi connectivity index (χ0) is 15.7. The number of hydrogen-bond acceptors (Lipinski definition) is 4. The lowest BCUT2D eigenvalue weighted by molar-refractivity contribution is -0.166. The summed E-state index contributed by atoms with van der Waals surface area (Å²) in [6, 6.07) is 0. The molecule has 0 saturated heterocycles. The van der Waals surface area contributed by atoms with Crippen molar-refractivity contribution in [3.8, 4) is 0 Å². The molecule has 1 aromatic heterocycles. The lowest BCUT2D eigenvalue weighted by Crippen LogP contribution is -2.57. The number of likely N-dealkylation sites (N-methyl/N-ethyl adjacent to an activating group) is 1. The molecule has 1 heterocycles. The number of ketones is 1. The van der Waals surface area contributed by atoms with Crippen LogP contribution in [0.4, 0.5) is 13.2 Å². The minimum Gasteiger partial charge on any atom is -0.311 e. The summed E-state index contributed by atoms with van der Waals surface area (Å²) in [4.78, 5) is 13.9. The van der Waals surface area contributed by atoms with Gasteiger partial charge in [0.25, 0.3) is 0 Å². The van der Waals surface area contributed by atoms with Crippen molar-refractivity contribution in [3.63, 3.8) is 0 Å². The van der Waals surface area contributed by atoms with Gasteiger partial charge in [-0.2, -0.15) is 18.3 Å². The Morgan fingerprint density at radius 3 is 2.50 bits per heavy atom. The smallest absolute Gasteiger partial charge is 0.311 e. The standard InChI is InChI=1S/C11H16ClF3N4O/c1-10(16,11(13,14)15)9(20)8-7(12)6-17-19(8)5-4-18(2)3/h6H,4-5,16H2,1-3H3. The van der Waals surface area contributed by atoms with E-state index in [2.05, 4.69) is 5.10 Å². The molecule has 114 valence electrons. The van der Waals surface area contributed by atoms with E-state index in [-0.39, 0.29) is 17.3 Å². The van der Waals surface area contributed by atoms with Gasteiger partial charge in [0.05, 0.1) is 17.8 Å². The second-order valence-corrected chi connectivity index (χ2v) is 5.30. The van der Waals surface area contributed by atoms with Gasteiger partial charge in [-0.05, 0) is 21.0 Å². The molecule has 0 radical (unpaired) electrons. The molecule has 0 saturated carbocycles. The van der Waals surface area contributed by atoms with Crippen LogP contribution in [0.25, 0.3) is 0 Å². The zero-order valence-electron chi connectivity index (χ0n) is 11.3. The summed E-state index contributed by atoms with van der Waals surface area (Å²) in [6.45, 7) is 1.34. The maximum Gasteiger partial charge on any atom is 0.413 e. The van der Waals surface area contributed by atoms with Gasteiger partial charge in [0.2, 0.25) is 5.78 Å². The minimum absolute atomic E-state index is 0.144. The number of Topliss-reactive ketones (excluding diaryl/α,β-unsaturated/α-hetero) is 1. The van der Waals surface area contributed by atoms with Gasteiger partial charge in [-0.25, -0.2) is 0 Å². The highest BCUT2D eigenvalue weighted by Gasteiger charge is 2.55. The molecule has 5 nitrogen and oxygen atoms in total. The van der Waals surface area contributed by atoms with Crippen LogP contribution in [0.5, 0.6) is 0 Å². The van der Waals surface area contributed by atoms with Gasteiger partial charge in [-0.1, -0.05) is 11.6 Å². The summed E-state index contributed by atoms with van der Waals surface area (Å²) in [5, 5.41) is 3.67. The second kappa shape index (κ2) is 5.71. The van der Waals surface area contributed by atoms with E-state index in [0.717, 1.165) is 10.9 Å². The molecule has 20 heavy (non-hydrogen) atoms. The van der Waals surface area contributed by atoms with Crippen molar-refractivity contribution in [1.82, 2.24) is 14.7 Å². The lowest BCUT2D eigenvalue weighted by atomic mass is 9.94. The van der Waals surface area contributed by atoms with Crippen LogP contribution < -0.4 is 5.73 Å². The fourth-order valence-corrected chi connectivity index (χ4v) is 1.65. The van der Waals surface area contributed by atoms with E-state index < -0.39 is 17.5 Å². The molecule has 0 fully saturated rings. The zero-order valence-corrected chi connectivity index (χ0v) is 12.1. The fourth-order valence-electron chi connectivity index (χ4n) is 1.43. The van der Waals surface area contributed by atoms with Crippen LogP contribution in [0.1, 0.15) is 17.4 Å². The van der Waals surface area contributed by atoms with Gasteiger partial charge < -0.3 is 10.6 Å². The van der Waals surface area contributed by atoms with Crippen molar-refractivity contribution < 1.29 is 18.0 Å². The molecule has 0 aliphatic carbocycles. The Kier molecular flexibility index (Phi) is 4.83. The van der Waals surface area contributed by atoms with Crippen molar-refractivity contribution in [2.45, 2.75) is 25.2 Å². The molecule has 9 heteroatoms. The number of nitrogens with two attached hydrogens (primary N) is 1. The summed E-state index contributed by atoms with van der Waals surface area (Å²) < 4.78 is 39.6. The molecule has 1 aromatic rings. The Morgan fingerprint density at radius 2 is 2.05 bits per heavy atom. The number of carbonyl (C=O) groups excluding carboxylic acids is 1. The van der Waals surface area contributed by atoms with Gasteiger partial charge in [0.1, 0.15) is 5.69 Å². The van der Waals surface area contributed by atoms with Crippen molar-refractivity contribution >= 4 is 17.4 Å². The van der Waals surface area contributed by atoms with Crippen LogP contribution in [0.2, 0.25) is 5.02 Å². The van der Waals surface area contributed by atoms with Crippen LogP contribution >= 0.6 is 11.6 Å². The lowest BCUT2D eigenvalue weighted by Gasteiger charge is -2.26. The van der Waals surface area contributed by atoms with Crippen LogP contribution in [0.15, 0.2) is 6.20 Å². The largest absolute Gasteiger partial charge is 0.413 e. The number of carbonyl (C=O) groups is 1. The number of alkyl halides is 3. The van der Waals surface area contributed by atoms with Crippen molar-refractivity contribution in [2.24, 2.45) is 5.73 Å². The highest BCUT2D eigenvalue weighted by molar-refractivity contribution is 6.34.